The van der Waals surface area contributed by atoms with Crippen LogP contribution >= 0.6 is 0 Å². The number of nitrogens with zero attached hydrogens (tertiary/aromatic N) is 5. The van der Waals surface area contributed by atoms with Gasteiger partial charge in [-0.3, -0.25) is 14.5 Å². The largest absolute Gasteiger partial charge is 0.497 e. The number of carbonyl (C=O) groups is 1. The molecule has 0 aliphatic carbocycles. The zero-order chi connectivity index (χ0) is 21.5. The Hall–Kier alpha value is -4.01. The number of pyridine rings is 1. The summed E-state index contributed by atoms with van der Waals surface area (Å²) in [5.41, 5.74) is 1.93. The average Bonchev–Trinajstić information content (AvgIpc) is 3.44. The summed E-state index contributed by atoms with van der Waals surface area (Å²) < 4.78 is 12.2. The van der Waals surface area contributed by atoms with Crippen molar-refractivity contribution < 1.29 is 14.1 Å². The fourth-order valence-corrected chi connectivity index (χ4v) is 3.01. The molecule has 1 N–H and O–H groups in total. The molecule has 0 unspecified atom stereocenters. The van der Waals surface area contributed by atoms with E-state index in [9.17, 15) is 4.79 Å². The van der Waals surface area contributed by atoms with Crippen molar-refractivity contribution in [3.05, 3.63) is 72.5 Å². The maximum atomic E-state index is 12.2. The zero-order valence-corrected chi connectivity index (χ0v) is 17.1. The molecule has 0 aliphatic heterocycles. The highest BCUT2D eigenvalue weighted by molar-refractivity contribution is 5.89. The van der Waals surface area contributed by atoms with Gasteiger partial charge in [-0.25, -0.2) is 0 Å². The van der Waals surface area contributed by atoms with Gasteiger partial charge in [0, 0.05) is 43.1 Å². The predicted octanol–water partition coefficient (Wildman–Crippen LogP) is 3.35. The molecular formula is C22H22N6O3. The van der Waals surface area contributed by atoms with Gasteiger partial charge in [0.25, 0.3) is 0 Å². The van der Waals surface area contributed by atoms with Gasteiger partial charge < -0.3 is 14.6 Å². The van der Waals surface area contributed by atoms with Crippen molar-refractivity contribution in [2.24, 2.45) is 0 Å². The van der Waals surface area contributed by atoms with Crippen LogP contribution in [0.5, 0.6) is 5.75 Å². The van der Waals surface area contributed by atoms with Gasteiger partial charge in [-0.2, -0.15) is 10.1 Å². The Bertz CT molecular complexity index is 1120. The third-order valence-corrected chi connectivity index (χ3v) is 4.61. The van der Waals surface area contributed by atoms with Crippen LogP contribution in [-0.4, -0.2) is 37.9 Å². The number of anilines is 1. The smallest absolute Gasteiger partial charge is 0.226 e. The summed E-state index contributed by atoms with van der Waals surface area (Å²) in [6, 6.07) is 13.1. The molecule has 3 aromatic heterocycles. The predicted molar refractivity (Wildman–Crippen MR) is 113 cm³/mol. The van der Waals surface area contributed by atoms with E-state index in [1.807, 2.05) is 42.6 Å². The Morgan fingerprint density at radius 2 is 1.94 bits per heavy atom. The lowest BCUT2D eigenvalue weighted by Crippen LogP contribution is -2.12. The molecule has 0 radical (unpaired) electrons. The number of ether oxygens (including phenoxy) is 1. The number of benzene rings is 1. The summed E-state index contributed by atoms with van der Waals surface area (Å²) in [6.07, 6.45) is 6.75. The molecule has 4 aromatic rings. The number of nitrogens with one attached hydrogen (secondary N) is 1. The highest BCUT2D eigenvalue weighted by atomic mass is 16.5. The molecule has 0 fully saturated rings. The van der Waals surface area contributed by atoms with Crippen molar-refractivity contribution in [1.29, 1.82) is 0 Å². The van der Waals surface area contributed by atoms with Gasteiger partial charge in [0.1, 0.15) is 5.75 Å². The molecule has 1 aromatic carbocycles. The van der Waals surface area contributed by atoms with Crippen LogP contribution in [0.2, 0.25) is 0 Å². The molecule has 9 heteroatoms. The number of hydrogen-bond donors (Lipinski definition) is 1. The van der Waals surface area contributed by atoms with E-state index in [0.717, 1.165) is 16.9 Å². The molecule has 0 bridgehead atoms. The Morgan fingerprint density at radius 1 is 1.13 bits per heavy atom. The minimum absolute atomic E-state index is 0.107. The fourth-order valence-electron chi connectivity index (χ4n) is 3.01. The highest BCUT2D eigenvalue weighted by Crippen LogP contribution is 2.20. The van der Waals surface area contributed by atoms with Gasteiger partial charge >= 0.3 is 0 Å². The Morgan fingerprint density at radius 3 is 2.71 bits per heavy atom. The van der Waals surface area contributed by atoms with E-state index in [4.69, 9.17) is 9.26 Å². The first-order valence-electron chi connectivity index (χ1n) is 9.89. The lowest BCUT2D eigenvalue weighted by Gasteiger charge is -2.02. The first kappa shape index (κ1) is 20.3. The fraction of sp³-hybridized carbons (Fsp3) is 0.227. The molecule has 0 aliphatic rings. The Kier molecular flexibility index (Phi) is 6.32. The van der Waals surface area contributed by atoms with Crippen molar-refractivity contribution in [2.75, 3.05) is 12.4 Å². The second-order valence-corrected chi connectivity index (χ2v) is 6.90. The third-order valence-electron chi connectivity index (χ3n) is 4.61. The molecule has 3 heterocycles. The van der Waals surface area contributed by atoms with Crippen molar-refractivity contribution >= 4 is 11.7 Å². The SMILES string of the molecule is COc1ccc(-c2noc(CCCC(=O)Nc3ccn(Cc4ccncc4)n3)n2)cc1. The first-order chi connectivity index (χ1) is 15.2. The van der Waals surface area contributed by atoms with Crippen LogP contribution in [0.25, 0.3) is 11.4 Å². The van der Waals surface area contributed by atoms with E-state index in [-0.39, 0.29) is 5.91 Å². The van der Waals surface area contributed by atoms with Gasteiger partial charge in [-0.05, 0) is 48.4 Å². The summed E-state index contributed by atoms with van der Waals surface area (Å²) in [5, 5.41) is 11.2. The molecule has 1 amide bonds. The molecule has 158 valence electrons. The monoisotopic (exact) mass is 418 g/mol. The average molecular weight is 418 g/mol. The number of carbonyl (C=O) groups excluding carboxylic acids is 1. The molecule has 0 atom stereocenters. The molecule has 0 saturated heterocycles. The number of hydrogen-bond acceptors (Lipinski definition) is 7. The zero-order valence-electron chi connectivity index (χ0n) is 17.1. The van der Waals surface area contributed by atoms with E-state index >= 15 is 0 Å². The van der Waals surface area contributed by atoms with Crippen molar-refractivity contribution in [3.8, 4) is 17.1 Å². The molecule has 0 spiro atoms. The number of aromatic nitrogens is 5. The second kappa shape index (κ2) is 9.66. The molecule has 0 saturated carbocycles. The van der Waals surface area contributed by atoms with Crippen molar-refractivity contribution in [2.45, 2.75) is 25.8 Å². The first-order valence-corrected chi connectivity index (χ1v) is 9.89. The summed E-state index contributed by atoms with van der Waals surface area (Å²) >= 11 is 0. The lowest BCUT2D eigenvalue weighted by molar-refractivity contribution is -0.116. The normalized spacial score (nSPS) is 10.7. The lowest BCUT2D eigenvalue weighted by atomic mass is 10.2. The van der Waals surface area contributed by atoms with E-state index in [1.165, 1.54) is 0 Å². The third kappa shape index (κ3) is 5.53. The van der Waals surface area contributed by atoms with E-state index in [1.54, 1.807) is 30.3 Å². The van der Waals surface area contributed by atoms with Gasteiger partial charge in [-0.1, -0.05) is 5.16 Å². The van der Waals surface area contributed by atoms with Gasteiger partial charge in [0.05, 0.1) is 13.7 Å². The Labute approximate surface area is 179 Å². The maximum absolute atomic E-state index is 12.2. The minimum atomic E-state index is -0.107. The molecule has 4 rings (SSSR count). The highest BCUT2D eigenvalue weighted by Gasteiger charge is 2.11. The topological polar surface area (TPSA) is 108 Å². The number of amides is 1. The van der Waals surface area contributed by atoms with Gasteiger partial charge in [0.15, 0.2) is 5.82 Å². The summed E-state index contributed by atoms with van der Waals surface area (Å²) in [5.74, 6) is 2.20. The standard InChI is InChI=1S/C22H22N6O3/c1-30-18-7-5-17(6-8-18)22-25-21(31-27-22)4-2-3-20(29)24-19-11-14-28(26-19)15-16-9-12-23-13-10-16/h5-14H,2-4,15H2,1H3,(H,24,26,29). The number of aryl methyl sites for hydroxylation is 1. The summed E-state index contributed by atoms with van der Waals surface area (Å²) in [7, 11) is 1.62. The number of rotatable bonds is 9. The van der Waals surface area contributed by atoms with Crippen LogP contribution in [-0.2, 0) is 17.8 Å². The van der Waals surface area contributed by atoms with Crippen molar-refractivity contribution in [3.63, 3.8) is 0 Å². The summed E-state index contributed by atoms with van der Waals surface area (Å²) in [6.45, 7) is 0.617. The van der Waals surface area contributed by atoms with Crippen LogP contribution in [0.4, 0.5) is 5.82 Å². The Balaban J connectivity index is 1.23. The van der Waals surface area contributed by atoms with E-state index in [0.29, 0.717) is 43.3 Å². The maximum Gasteiger partial charge on any atom is 0.226 e. The molecule has 31 heavy (non-hydrogen) atoms. The minimum Gasteiger partial charge on any atom is -0.497 e. The van der Waals surface area contributed by atoms with Crippen molar-refractivity contribution in [1.82, 2.24) is 24.9 Å². The van der Waals surface area contributed by atoms with Crippen LogP contribution in [0, 0.1) is 0 Å². The molecule has 9 nitrogen and oxygen atoms in total. The van der Waals surface area contributed by atoms with E-state index < -0.39 is 0 Å². The number of methoxy groups -OCH3 is 1. The van der Waals surface area contributed by atoms with Crippen LogP contribution in [0.3, 0.4) is 0 Å². The molecular weight excluding hydrogens is 396 g/mol. The van der Waals surface area contributed by atoms with Crippen LogP contribution in [0.15, 0.2) is 65.6 Å². The van der Waals surface area contributed by atoms with E-state index in [2.05, 4.69) is 25.5 Å². The second-order valence-electron chi connectivity index (χ2n) is 6.90. The van der Waals surface area contributed by atoms with Gasteiger partial charge in [-0.15, -0.1) is 0 Å². The van der Waals surface area contributed by atoms with Crippen LogP contribution < -0.4 is 10.1 Å². The quantitative estimate of drug-likeness (QED) is 0.444. The van der Waals surface area contributed by atoms with Crippen LogP contribution in [0.1, 0.15) is 24.3 Å². The van der Waals surface area contributed by atoms with Gasteiger partial charge in [0.2, 0.25) is 17.6 Å². The summed E-state index contributed by atoms with van der Waals surface area (Å²) in [4.78, 5) is 20.6.